The Bertz CT molecular complexity index is 1030. The largest absolute Gasteiger partial charge is 0.489 e. The van der Waals surface area contributed by atoms with E-state index in [0.717, 1.165) is 49.8 Å². The van der Waals surface area contributed by atoms with Crippen molar-refractivity contribution in [2.45, 2.75) is 111 Å². The number of ether oxygens (including phenoxy) is 2. The molecule has 3 rings (SSSR count). The number of aliphatic hydroxyl groups excluding tert-OH is 1. The predicted octanol–water partition coefficient (Wildman–Crippen LogP) is 7.22. The quantitative estimate of drug-likeness (QED) is 0.354. The molecular formula is C32H46O4. The van der Waals surface area contributed by atoms with Gasteiger partial charge in [-0.2, -0.15) is 0 Å². The van der Waals surface area contributed by atoms with Gasteiger partial charge in [0.05, 0.1) is 6.10 Å². The second-order valence-corrected chi connectivity index (χ2v) is 11.6. The molecule has 0 spiro atoms. The van der Waals surface area contributed by atoms with Crippen molar-refractivity contribution in [1.82, 2.24) is 0 Å². The molecule has 0 aliphatic carbocycles. The molecule has 1 heterocycles. The van der Waals surface area contributed by atoms with Gasteiger partial charge in [-0.15, -0.1) is 0 Å². The molecule has 1 aliphatic heterocycles. The van der Waals surface area contributed by atoms with Gasteiger partial charge in [-0.3, -0.25) is 4.79 Å². The number of esters is 1. The van der Waals surface area contributed by atoms with Gasteiger partial charge >= 0.3 is 5.97 Å². The van der Waals surface area contributed by atoms with Gasteiger partial charge in [-0.25, -0.2) is 0 Å². The molecule has 0 radical (unpaired) electrons. The number of carbonyl (C=O) groups is 1. The van der Waals surface area contributed by atoms with Crippen LogP contribution in [0.15, 0.2) is 36.4 Å². The number of aryl methyl sites for hydroxylation is 3. The highest BCUT2D eigenvalue weighted by molar-refractivity contribution is 5.70. The van der Waals surface area contributed by atoms with Gasteiger partial charge in [-0.05, 0) is 91.7 Å². The second-order valence-electron chi connectivity index (χ2n) is 11.6. The Morgan fingerprint density at radius 1 is 1.03 bits per heavy atom. The highest BCUT2D eigenvalue weighted by Gasteiger charge is 2.32. The minimum absolute atomic E-state index is 0.0730. The fourth-order valence-electron chi connectivity index (χ4n) is 5.42. The Balaban J connectivity index is 1.79. The van der Waals surface area contributed by atoms with Gasteiger partial charge in [0.1, 0.15) is 18.5 Å². The van der Waals surface area contributed by atoms with Crippen molar-refractivity contribution >= 4 is 5.97 Å². The van der Waals surface area contributed by atoms with Crippen LogP contribution in [0.2, 0.25) is 0 Å². The average molecular weight is 495 g/mol. The van der Waals surface area contributed by atoms with Crippen LogP contribution in [0.4, 0.5) is 0 Å². The zero-order valence-electron chi connectivity index (χ0n) is 23.4. The molecule has 1 N–H and O–H groups in total. The summed E-state index contributed by atoms with van der Waals surface area (Å²) in [7, 11) is 0. The second kappa shape index (κ2) is 11.8. The van der Waals surface area contributed by atoms with E-state index in [4.69, 9.17) is 9.47 Å². The Morgan fingerprint density at radius 2 is 1.67 bits per heavy atom. The van der Waals surface area contributed by atoms with E-state index in [2.05, 4.69) is 84.9 Å². The fraction of sp³-hybridized carbons (Fsp3) is 0.594. The average Bonchev–Trinajstić information content (AvgIpc) is 2.83. The van der Waals surface area contributed by atoms with Gasteiger partial charge in [0.25, 0.3) is 0 Å². The van der Waals surface area contributed by atoms with E-state index >= 15 is 0 Å². The molecule has 2 atom stereocenters. The number of rotatable bonds is 10. The third-order valence-electron chi connectivity index (χ3n) is 8.15. The maximum Gasteiger partial charge on any atom is 0.306 e. The predicted molar refractivity (Wildman–Crippen MR) is 147 cm³/mol. The summed E-state index contributed by atoms with van der Waals surface area (Å²) in [4.78, 5) is 11.6. The van der Waals surface area contributed by atoms with Crippen LogP contribution in [0.3, 0.4) is 0 Å². The fourth-order valence-corrected chi connectivity index (χ4v) is 5.42. The SMILES string of the molecule is CCC(CC)(c1ccc(CC[C@H](O)C(C)(C)C)c(C)c1)c1ccc(OC[C@H]2CCCC(=O)O2)c(C)c1. The minimum atomic E-state index is -0.309. The van der Waals surface area contributed by atoms with Gasteiger partial charge in [0.2, 0.25) is 0 Å². The van der Waals surface area contributed by atoms with Crippen LogP contribution in [0.25, 0.3) is 0 Å². The van der Waals surface area contributed by atoms with Crippen molar-refractivity contribution in [2.75, 3.05) is 6.61 Å². The Kier molecular flexibility index (Phi) is 9.27. The van der Waals surface area contributed by atoms with Crippen LogP contribution < -0.4 is 4.74 Å². The van der Waals surface area contributed by atoms with Crippen molar-refractivity contribution in [3.8, 4) is 5.75 Å². The molecule has 198 valence electrons. The first-order valence-corrected chi connectivity index (χ1v) is 13.7. The third kappa shape index (κ3) is 6.51. The molecule has 4 heteroatoms. The van der Waals surface area contributed by atoms with Crippen LogP contribution in [0.5, 0.6) is 5.75 Å². The first kappa shape index (κ1) is 28.2. The normalized spacial score (nSPS) is 17.6. The van der Waals surface area contributed by atoms with Crippen molar-refractivity contribution in [1.29, 1.82) is 0 Å². The molecule has 0 saturated carbocycles. The van der Waals surface area contributed by atoms with Crippen molar-refractivity contribution in [3.05, 3.63) is 64.2 Å². The van der Waals surface area contributed by atoms with Gasteiger partial charge in [-0.1, -0.05) is 65.0 Å². The standard InChI is InChI=1S/C32H46O4/c1-8-32(9-2,25-15-13-24(22(3)19-25)14-18-29(33)31(5,6)7)26-16-17-28(23(4)20-26)35-21-27-11-10-12-30(34)36-27/h13,15-17,19-20,27,29,33H,8-12,14,18,21H2,1-7H3/t27-,29+/m1/s1. The van der Waals surface area contributed by atoms with E-state index in [9.17, 15) is 9.90 Å². The highest BCUT2D eigenvalue weighted by Crippen LogP contribution is 2.41. The number of benzene rings is 2. The zero-order chi connectivity index (χ0) is 26.5. The van der Waals surface area contributed by atoms with Crippen LogP contribution in [0.1, 0.15) is 101 Å². The molecule has 0 bridgehead atoms. The molecule has 0 unspecified atom stereocenters. The smallest absolute Gasteiger partial charge is 0.306 e. The molecule has 36 heavy (non-hydrogen) atoms. The van der Waals surface area contributed by atoms with E-state index < -0.39 is 0 Å². The number of hydrogen-bond acceptors (Lipinski definition) is 4. The van der Waals surface area contributed by atoms with Crippen molar-refractivity contribution in [2.24, 2.45) is 5.41 Å². The topological polar surface area (TPSA) is 55.8 Å². The molecule has 0 aromatic heterocycles. The molecule has 1 saturated heterocycles. The minimum Gasteiger partial charge on any atom is -0.489 e. The summed E-state index contributed by atoms with van der Waals surface area (Å²) < 4.78 is 11.5. The van der Waals surface area contributed by atoms with Crippen LogP contribution in [-0.2, 0) is 21.4 Å². The van der Waals surface area contributed by atoms with Gasteiger partial charge < -0.3 is 14.6 Å². The first-order chi connectivity index (χ1) is 17.0. The molecule has 4 nitrogen and oxygen atoms in total. The molecule has 0 amide bonds. The van der Waals surface area contributed by atoms with E-state index in [1.807, 2.05) is 0 Å². The monoisotopic (exact) mass is 494 g/mol. The number of hydrogen-bond donors (Lipinski definition) is 1. The van der Waals surface area contributed by atoms with E-state index in [1.165, 1.54) is 22.3 Å². The summed E-state index contributed by atoms with van der Waals surface area (Å²) in [5.41, 5.74) is 6.18. The Hall–Kier alpha value is -2.33. The molecule has 2 aromatic carbocycles. The maximum absolute atomic E-state index is 11.6. The molecular weight excluding hydrogens is 448 g/mol. The zero-order valence-corrected chi connectivity index (χ0v) is 23.4. The van der Waals surface area contributed by atoms with Crippen molar-refractivity contribution < 1.29 is 19.4 Å². The first-order valence-electron chi connectivity index (χ1n) is 13.7. The summed E-state index contributed by atoms with van der Waals surface area (Å²) in [6.45, 7) is 15.5. The van der Waals surface area contributed by atoms with Crippen LogP contribution >= 0.6 is 0 Å². The number of carbonyl (C=O) groups excluding carboxylic acids is 1. The van der Waals surface area contributed by atoms with E-state index in [-0.39, 0.29) is 29.0 Å². The lowest BCUT2D eigenvalue weighted by Crippen LogP contribution is -2.29. The Morgan fingerprint density at radius 3 is 2.22 bits per heavy atom. The lowest BCUT2D eigenvalue weighted by atomic mass is 9.69. The van der Waals surface area contributed by atoms with E-state index in [1.54, 1.807) is 0 Å². The number of aliphatic hydroxyl groups is 1. The summed E-state index contributed by atoms with van der Waals surface area (Å²) in [5.74, 6) is 0.731. The van der Waals surface area contributed by atoms with Crippen LogP contribution in [-0.4, -0.2) is 29.9 Å². The summed E-state index contributed by atoms with van der Waals surface area (Å²) in [5, 5.41) is 10.5. The van der Waals surface area contributed by atoms with Gasteiger partial charge in [0, 0.05) is 11.8 Å². The lowest BCUT2D eigenvalue weighted by Gasteiger charge is -2.34. The third-order valence-corrected chi connectivity index (χ3v) is 8.15. The molecule has 1 fully saturated rings. The number of cyclic esters (lactones) is 1. The van der Waals surface area contributed by atoms with Crippen molar-refractivity contribution in [3.63, 3.8) is 0 Å². The highest BCUT2D eigenvalue weighted by atomic mass is 16.6. The molecule has 2 aromatic rings. The van der Waals surface area contributed by atoms with Gasteiger partial charge in [0.15, 0.2) is 0 Å². The maximum atomic E-state index is 11.6. The summed E-state index contributed by atoms with van der Waals surface area (Å²) in [6.07, 6.45) is 5.45. The summed E-state index contributed by atoms with van der Waals surface area (Å²) in [6, 6.07) is 13.4. The van der Waals surface area contributed by atoms with E-state index in [0.29, 0.717) is 13.0 Å². The Labute approximate surface area is 218 Å². The van der Waals surface area contributed by atoms with Crippen LogP contribution in [0, 0.1) is 19.3 Å². The summed E-state index contributed by atoms with van der Waals surface area (Å²) >= 11 is 0. The lowest BCUT2D eigenvalue weighted by molar-refractivity contribution is -0.155. The molecule has 1 aliphatic rings.